The van der Waals surface area contributed by atoms with Gasteiger partial charge in [0.05, 0.1) is 5.69 Å². The first kappa shape index (κ1) is 12.9. The third kappa shape index (κ3) is 3.17. The van der Waals surface area contributed by atoms with Crippen LogP contribution in [0, 0.1) is 6.92 Å². The number of hydrogen-bond donors (Lipinski definition) is 1. The van der Waals surface area contributed by atoms with Crippen molar-refractivity contribution >= 4 is 5.82 Å². The average molecular weight is 222 g/mol. The molecule has 0 amide bonds. The molecule has 1 rings (SSSR count). The summed E-state index contributed by atoms with van der Waals surface area (Å²) >= 11 is 0. The minimum Gasteiger partial charge on any atom is -0.351 e. The van der Waals surface area contributed by atoms with E-state index in [0.29, 0.717) is 12.6 Å². The van der Waals surface area contributed by atoms with Crippen LogP contribution < -0.4 is 10.6 Å². The Morgan fingerprint density at radius 2 is 1.94 bits per heavy atom. The van der Waals surface area contributed by atoms with Gasteiger partial charge in [-0.25, -0.2) is 0 Å². The largest absolute Gasteiger partial charge is 0.351 e. The maximum atomic E-state index is 5.65. The first-order chi connectivity index (χ1) is 7.72. The highest BCUT2D eigenvalue weighted by atomic mass is 15.3. The van der Waals surface area contributed by atoms with Crippen molar-refractivity contribution in [2.24, 2.45) is 5.73 Å². The molecule has 0 radical (unpaired) electrons. The van der Waals surface area contributed by atoms with Crippen LogP contribution in [0.15, 0.2) is 12.1 Å². The second-order valence-corrected chi connectivity index (χ2v) is 3.99. The second-order valence-electron chi connectivity index (χ2n) is 3.99. The molecule has 0 atom stereocenters. The summed E-state index contributed by atoms with van der Waals surface area (Å²) in [5.41, 5.74) is 6.60. The van der Waals surface area contributed by atoms with E-state index in [9.17, 15) is 0 Å². The fourth-order valence-electron chi connectivity index (χ4n) is 1.90. The van der Waals surface area contributed by atoms with Gasteiger partial charge in [-0.3, -0.25) is 0 Å². The summed E-state index contributed by atoms with van der Waals surface area (Å²) in [7, 11) is 0. The standard InChI is InChI=1S/C12H22N4/c1-4-11(5-2)16(9-8-13)12-7-6-10(3)14-15-12/h6-7,11H,4-5,8-9,13H2,1-3H3. The Balaban J connectivity index is 2.87. The number of anilines is 1. The van der Waals surface area contributed by atoms with E-state index in [4.69, 9.17) is 5.73 Å². The molecule has 1 heterocycles. The van der Waals surface area contributed by atoms with Crippen molar-refractivity contribution in [1.29, 1.82) is 0 Å². The third-order valence-corrected chi connectivity index (χ3v) is 2.83. The summed E-state index contributed by atoms with van der Waals surface area (Å²) in [5.74, 6) is 0.935. The lowest BCUT2D eigenvalue weighted by molar-refractivity contribution is 0.551. The molecule has 0 spiro atoms. The minimum absolute atomic E-state index is 0.501. The van der Waals surface area contributed by atoms with Gasteiger partial charge in [-0.2, -0.15) is 5.10 Å². The van der Waals surface area contributed by atoms with Crippen LogP contribution >= 0.6 is 0 Å². The highest BCUT2D eigenvalue weighted by molar-refractivity contribution is 5.38. The zero-order valence-corrected chi connectivity index (χ0v) is 10.5. The maximum Gasteiger partial charge on any atom is 0.151 e. The van der Waals surface area contributed by atoms with Crippen molar-refractivity contribution in [3.05, 3.63) is 17.8 Å². The summed E-state index contributed by atoms with van der Waals surface area (Å²) in [6.45, 7) is 7.82. The Labute approximate surface area is 97.9 Å². The van der Waals surface area contributed by atoms with Crippen molar-refractivity contribution in [2.45, 2.75) is 39.7 Å². The van der Waals surface area contributed by atoms with E-state index in [1.165, 1.54) is 0 Å². The Bertz CT molecular complexity index is 292. The normalized spacial score (nSPS) is 10.8. The summed E-state index contributed by atoms with van der Waals surface area (Å²) < 4.78 is 0. The molecule has 0 bridgehead atoms. The molecule has 4 nitrogen and oxygen atoms in total. The minimum atomic E-state index is 0.501. The SMILES string of the molecule is CCC(CC)N(CCN)c1ccc(C)nn1. The molecule has 4 heteroatoms. The molecule has 0 aliphatic carbocycles. The predicted octanol–water partition coefficient (Wildman–Crippen LogP) is 1.74. The van der Waals surface area contributed by atoms with E-state index in [2.05, 4.69) is 28.9 Å². The van der Waals surface area contributed by atoms with Crippen LogP contribution in [0.4, 0.5) is 5.82 Å². The van der Waals surface area contributed by atoms with E-state index in [1.54, 1.807) is 0 Å². The van der Waals surface area contributed by atoms with Crippen molar-refractivity contribution < 1.29 is 0 Å². The van der Waals surface area contributed by atoms with E-state index < -0.39 is 0 Å². The Morgan fingerprint density at radius 3 is 2.38 bits per heavy atom. The van der Waals surface area contributed by atoms with E-state index >= 15 is 0 Å². The Morgan fingerprint density at radius 1 is 1.25 bits per heavy atom. The highest BCUT2D eigenvalue weighted by Crippen LogP contribution is 2.16. The quantitative estimate of drug-likeness (QED) is 0.796. The number of nitrogens with two attached hydrogens (primary N) is 1. The fourth-order valence-corrected chi connectivity index (χ4v) is 1.90. The predicted molar refractivity (Wildman–Crippen MR) is 67.5 cm³/mol. The third-order valence-electron chi connectivity index (χ3n) is 2.83. The average Bonchev–Trinajstić information content (AvgIpc) is 2.31. The van der Waals surface area contributed by atoms with Crippen molar-refractivity contribution in [3.63, 3.8) is 0 Å². The molecule has 0 aliphatic rings. The van der Waals surface area contributed by atoms with Gasteiger partial charge in [0.1, 0.15) is 0 Å². The van der Waals surface area contributed by atoms with Gasteiger partial charge < -0.3 is 10.6 Å². The Kier molecular flexibility index (Phi) is 5.19. The summed E-state index contributed by atoms with van der Waals surface area (Å²) in [4.78, 5) is 2.26. The first-order valence-electron chi connectivity index (χ1n) is 5.99. The first-order valence-corrected chi connectivity index (χ1v) is 5.99. The van der Waals surface area contributed by atoms with Gasteiger partial charge in [0.2, 0.25) is 0 Å². The number of rotatable bonds is 6. The smallest absolute Gasteiger partial charge is 0.151 e. The van der Waals surface area contributed by atoms with Crippen molar-refractivity contribution in [1.82, 2.24) is 10.2 Å². The number of nitrogens with zero attached hydrogens (tertiary/aromatic N) is 3. The van der Waals surface area contributed by atoms with Gasteiger partial charge in [-0.05, 0) is 31.9 Å². The molecular weight excluding hydrogens is 200 g/mol. The lowest BCUT2D eigenvalue weighted by atomic mass is 10.1. The van der Waals surface area contributed by atoms with E-state index in [-0.39, 0.29) is 0 Å². The second kappa shape index (κ2) is 6.43. The van der Waals surface area contributed by atoms with Crippen LogP contribution in [0.1, 0.15) is 32.4 Å². The van der Waals surface area contributed by atoms with Gasteiger partial charge in [0.25, 0.3) is 0 Å². The molecule has 1 aromatic heterocycles. The zero-order chi connectivity index (χ0) is 12.0. The number of aryl methyl sites for hydroxylation is 1. The summed E-state index contributed by atoms with van der Waals surface area (Å²) in [5, 5.41) is 8.34. The molecule has 2 N–H and O–H groups in total. The van der Waals surface area contributed by atoms with Gasteiger partial charge in [0.15, 0.2) is 5.82 Å². The van der Waals surface area contributed by atoms with Crippen LogP contribution in [0.2, 0.25) is 0 Å². The fraction of sp³-hybridized carbons (Fsp3) is 0.667. The van der Waals surface area contributed by atoms with Crippen molar-refractivity contribution in [2.75, 3.05) is 18.0 Å². The van der Waals surface area contributed by atoms with Crippen LogP contribution in [0.3, 0.4) is 0 Å². The molecule has 1 aromatic rings. The number of hydrogen-bond acceptors (Lipinski definition) is 4. The zero-order valence-electron chi connectivity index (χ0n) is 10.5. The van der Waals surface area contributed by atoms with Gasteiger partial charge in [-0.1, -0.05) is 13.8 Å². The molecule has 0 aromatic carbocycles. The molecule has 0 aliphatic heterocycles. The molecule has 0 unspecified atom stereocenters. The highest BCUT2D eigenvalue weighted by Gasteiger charge is 2.16. The molecular formula is C12H22N4. The molecule has 90 valence electrons. The van der Waals surface area contributed by atoms with E-state index in [1.807, 2.05) is 19.1 Å². The van der Waals surface area contributed by atoms with Crippen LogP contribution in [-0.2, 0) is 0 Å². The maximum absolute atomic E-state index is 5.65. The van der Waals surface area contributed by atoms with Crippen LogP contribution in [0.25, 0.3) is 0 Å². The lowest BCUT2D eigenvalue weighted by Crippen LogP contribution is -2.39. The van der Waals surface area contributed by atoms with Gasteiger partial charge in [-0.15, -0.1) is 5.10 Å². The van der Waals surface area contributed by atoms with Gasteiger partial charge in [0, 0.05) is 19.1 Å². The monoisotopic (exact) mass is 222 g/mol. The van der Waals surface area contributed by atoms with Crippen LogP contribution in [-0.4, -0.2) is 29.3 Å². The summed E-state index contributed by atoms with van der Waals surface area (Å²) in [6, 6.07) is 4.52. The molecule has 16 heavy (non-hydrogen) atoms. The lowest BCUT2D eigenvalue weighted by Gasteiger charge is -2.30. The van der Waals surface area contributed by atoms with Gasteiger partial charge >= 0.3 is 0 Å². The molecule has 0 fully saturated rings. The topological polar surface area (TPSA) is 55.0 Å². The van der Waals surface area contributed by atoms with Crippen molar-refractivity contribution in [3.8, 4) is 0 Å². The molecule has 0 saturated heterocycles. The molecule has 0 saturated carbocycles. The number of aromatic nitrogens is 2. The Hall–Kier alpha value is -1.16. The summed E-state index contributed by atoms with van der Waals surface area (Å²) in [6.07, 6.45) is 2.21. The van der Waals surface area contributed by atoms with Crippen LogP contribution in [0.5, 0.6) is 0 Å². The van der Waals surface area contributed by atoms with E-state index in [0.717, 1.165) is 30.9 Å².